The first-order chi connectivity index (χ1) is 13.6. The smallest absolute Gasteiger partial charge is 0.244 e. The Morgan fingerprint density at radius 3 is 2.32 bits per heavy atom. The molecule has 0 fully saturated rings. The van der Waals surface area contributed by atoms with Gasteiger partial charge in [0.1, 0.15) is 6.54 Å². The summed E-state index contributed by atoms with van der Waals surface area (Å²) in [6, 6.07) is 23.8. The SMILES string of the molecule is O=C(Cn1cc(C(=O)c2ccccc2)c2ccccc21)Nc1ccccc1Cl. The van der Waals surface area contributed by atoms with E-state index in [1.165, 1.54) is 0 Å². The molecule has 0 spiro atoms. The van der Waals surface area contributed by atoms with Gasteiger partial charge < -0.3 is 9.88 Å². The van der Waals surface area contributed by atoms with E-state index in [-0.39, 0.29) is 18.2 Å². The molecule has 4 nitrogen and oxygen atoms in total. The lowest BCUT2D eigenvalue weighted by Crippen LogP contribution is -2.18. The Hall–Kier alpha value is -3.37. The average Bonchev–Trinajstić information content (AvgIpc) is 3.08. The molecule has 1 N–H and O–H groups in total. The number of amides is 1. The molecule has 0 saturated heterocycles. The van der Waals surface area contributed by atoms with Crippen molar-refractivity contribution in [2.45, 2.75) is 6.54 Å². The molecule has 0 bridgehead atoms. The van der Waals surface area contributed by atoms with E-state index in [1.54, 1.807) is 41.1 Å². The minimum atomic E-state index is -0.215. The van der Waals surface area contributed by atoms with Gasteiger partial charge in [0.2, 0.25) is 5.91 Å². The highest BCUT2D eigenvalue weighted by molar-refractivity contribution is 6.33. The number of halogens is 1. The summed E-state index contributed by atoms with van der Waals surface area (Å²) in [6.45, 7) is 0.0772. The third kappa shape index (κ3) is 3.55. The van der Waals surface area contributed by atoms with Crippen LogP contribution < -0.4 is 5.32 Å². The first-order valence-electron chi connectivity index (χ1n) is 8.85. The quantitative estimate of drug-likeness (QED) is 0.480. The molecule has 4 rings (SSSR count). The van der Waals surface area contributed by atoms with Crippen LogP contribution in [0.1, 0.15) is 15.9 Å². The summed E-state index contributed by atoms with van der Waals surface area (Å²) in [5.74, 6) is -0.283. The number of hydrogen-bond acceptors (Lipinski definition) is 2. The van der Waals surface area contributed by atoms with E-state index < -0.39 is 0 Å². The first kappa shape index (κ1) is 18.0. The molecule has 5 heteroatoms. The fourth-order valence-electron chi connectivity index (χ4n) is 3.21. The molecule has 0 aliphatic rings. The second-order valence-corrected chi connectivity index (χ2v) is 6.82. The van der Waals surface area contributed by atoms with Crippen LogP contribution in [0.2, 0.25) is 5.02 Å². The van der Waals surface area contributed by atoms with E-state index in [4.69, 9.17) is 11.6 Å². The lowest BCUT2D eigenvalue weighted by atomic mass is 10.0. The van der Waals surface area contributed by atoms with Gasteiger partial charge in [-0.3, -0.25) is 9.59 Å². The van der Waals surface area contributed by atoms with Crippen LogP contribution in [0.5, 0.6) is 0 Å². The summed E-state index contributed by atoms with van der Waals surface area (Å²) >= 11 is 6.11. The molecule has 0 aliphatic carbocycles. The number of para-hydroxylation sites is 2. The van der Waals surface area contributed by atoms with Crippen molar-refractivity contribution in [1.82, 2.24) is 4.57 Å². The maximum atomic E-state index is 13.0. The number of nitrogens with zero attached hydrogens (tertiary/aromatic N) is 1. The predicted molar refractivity (Wildman–Crippen MR) is 112 cm³/mol. The van der Waals surface area contributed by atoms with Crippen LogP contribution in [-0.2, 0) is 11.3 Å². The van der Waals surface area contributed by atoms with Gasteiger partial charge in [0, 0.05) is 28.2 Å². The summed E-state index contributed by atoms with van der Waals surface area (Å²) in [5, 5.41) is 4.12. The predicted octanol–water partition coefficient (Wildman–Crippen LogP) is 5.16. The zero-order chi connectivity index (χ0) is 19.5. The number of anilines is 1. The Morgan fingerprint density at radius 1 is 0.857 bits per heavy atom. The van der Waals surface area contributed by atoms with Crippen LogP contribution in [0.3, 0.4) is 0 Å². The van der Waals surface area contributed by atoms with Crippen LogP contribution in [-0.4, -0.2) is 16.3 Å². The summed E-state index contributed by atoms with van der Waals surface area (Å²) in [6.07, 6.45) is 1.74. The molecule has 3 aromatic carbocycles. The minimum Gasteiger partial charge on any atom is -0.337 e. The van der Waals surface area contributed by atoms with Crippen molar-refractivity contribution in [3.05, 3.63) is 101 Å². The zero-order valence-electron chi connectivity index (χ0n) is 14.9. The normalized spacial score (nSPS) is 10.8. The van der Waals surface area contributed by atoms with Gasteiger partial charge in [0.05, 0.1) is 10.7 Å². The van der Waals surface area contributed by atoms with Crippen molar-refractivity contribution in [3.8, 4) is 0 Å². The summed E-state index contributed by atoms with van der Waals surface area (Å²) in [4.78, 5) is 25.5. The second kappa shape index (κ2) is 7.71. The fourth-order valence-corrected chi connectivity index (χ4v) is 3.39. The third-order valence-electron chi connectivity index (χ3n) is 4.53. The molecule has 0 unspecified atom stereocenters. The number of nitrogens with one attached hydrogen (secondary N) is 1. The average molecular weight is 389 g/mol. The Labute approximate surface area is 167 Å². The molecule has 0 saturated carbocycles. The van der Waals surface area contributed by atoms with E-state index in [9.17, 15) is 9.59 Å². The lowest BCUT2D eigenvalue weighted by Gasteiger charge is -2.08. The highest BCUT2D eigenvalue weighted by Crippen LogP contribution is 2.25. The van der Waals surface area contributed by atoms with Crippen molar-refractivity contribution in [1.29, 1.82) is 0 Å². The van der Waals surface area contributed by atoms with Gasteiger partial charge in [-0.2, -0.15) is 0 Å². The van der Waals surface area contributed by atoms with Crippen molar-refractivity contribution >= 4 is 39.9 Å². The fraction of sp³-hybridized carbons (Fsp3) is 0.0435. The molecule has 0 aliphatic heterocycles. The monoisotopic (exact) mass is 388 g/mol. The van der Waals surface area contributed by atoms with Crippen molar-refractivity contribution < 1.29 is 9.59 Å². The van der Waals surface area contributed by atoms with E-state index in [0.717, 1.165) is 10.9 Å². The second-order valence-electron chi connectivity index (χ2n) is 6.41. The van der Waals surface area contributed by atoms with Crippen LogP contribution in [0.4, 0.5) is 5.69 Å². The van der Waals surface area contributed by atoms with Crippen molar-refractivity contribution in [3.63, 3.8) is 0 Å². The Bertz CT molecular complexity index is 1170. The number of hydrogen-bond donors (Lipinski definition) is 1. The molecule has 1 amide bonds. The maximum absolute atomic E-state index is 13.0. The number of carbonyl (C=O) groups excluding carboxylic acids is 2. The molecular formula is C23H17ClN2O2. The molecule has 138 valence electrons. The molecule has 1 aromatic heterocycles. The number of carbonyl (C=O) groups is 2. The molecule has 1 heterocycles. The number of aromatic nitrogens is 1. The topological polar surface area (TPSA) is 51.1 Å². The molecule has 0 atom stereocenters. The molecule has 28 heavy (non-hydrogen) atoms. The number of ketones is 1. The lowest BCUT2D eigenvalue weighted by molar-refractivity contribution is -0.116. The van der Waals surface area contributed by atoms with Crippen molar-refractivity contribution in [2.24, 2.45) is 0 Å². The summed E-state index contributed by atoms with van der Waals surface area (Å²) in [5.41, 5.74) is 2.58. The van der Waals surface area contributed by atoms with E-state index >= 15 is 0 Å². The molecular weight excluding hydrogens is 372 g/mol. The highest BCUT2D eigenvalue weighted by Gasteiger charge is 2.17. The van der Waals surface area contributed by atoms with Gasteiger partial charge in [-0.15, -0.1) is 0 Å². The van der Waals surface area contributed by atoms with Gasteiger partial charge in [-0.25, -0.2) is 0 Å². The molecule has 0 radical (unpaired) electrons. The standard InChI is InChI=1S/C23H17ClN2O2/c24-19-11-5-6-12-20(19)25-22(27)15-26-14-18(17-10-4-7-13-21(17)26)23(28)16-8-2-1-3-9-16/h1-14H,15H2,(H,25,27). The van der Waals surface area contributed by atoms with E-state index in [2.05, 4.69) is 5.32 Å². The summed E-state index contributed by atoms with van der Waals surface area (Å²) < 4.78 is 1.79. The zero-order valence-corrected chi connectivity index (χ0v) is 15.7. The third-order valence-corrected chi connectivity index (χ3v) is 4.86. The Morgan fingerprint density at radius 2 is 1.54 bits per heavy atom. The Balaban J connectivity index is 1.66. The highest BCUT2D eigenvalue weighted by atomic mass is 35.5. The van der Waals surface area contributed by atoms with Gasteiger partial charge >= 0.3 is 0 Å². The van der Waals surface area contributed by atoms with Crippen LogP contribution >= 0.6 is 11.6 Å². The van der Waals surface area contributed by atoms with Gasteiger partial charge in [-0.1, -0.05) is 72.3 Å². The van der Waals surface area contributed by atoms with E-state index in [0.29, 0.717) is 21.8 Å². The van der Waals surface area contributed by atoms with E-state index in [1.807, 2.05) is 48.5 Å². The van der Waals surface area contributed by atoms with Gasteiger partial charge in [0.25, 0.3) is 0 Å². The molecule has 4 aromatic rings. The van der Waals surface area contributed by atoms with Gasteiger partial charge in [-0.05, 0) is 18.2 Å². The minimum absolute atomic E-state index is 0.0675. The van der Waals surface area contributed by atoms with Crippen LogP contribution in [0, 0.1) is 0 Å². The largest absolute Gasteiger partial charge is 0.337 e. The first-order valence-corrected chi connectivity index (χ1v) is 9.23. The van der Waals surface area contributed by atoms with Crippen LogP contribution in [0.15, 0.2) is 85.1 Å². The number of benzene rings is 3. The van der Waals surface area contributed by atoms with Crippen LogP contribution in [0.25, 0.3) is 10.9 Å². The van der Waals surface area contributed by atoms with Gasteiger partial charge in [0.15, 0.2) is 5.78 Å². The maximum Gasteiger partial charge on any atom is 0.244 e. The number of rotatable bonds is 5. The van der Waals surface area contributed by atoms with Crippen molar-refractivity contribution in [2.75, 3.05) is 5.32 Å². The number of fused-ring (bicyclic) bond motifs is 1. The Kier molecular flexibility index (Phi) is 4.96. The summed E-state index contributed by atoms with van der Waals surface area (Å²) in [7, 11) is 0.